The number of ether oxygens (including phenoxy) is 1. The lowest BCUT2D eigenvalue weighted by Crippen LogP contribution is -2.51. The van der Waals surface area contributed by atoms with Crippen molar-refractivity contribution in [3.63, 3.8) is 0 Å². The summed E-state index contributed by atoms with van der Waals surface area (Å²) in [7, 11) is 0. The number of amides is 2. The molecule has 0 saturated carbocycles. The highest BCUT2D eigenvalue weighted by atomic mass is 16.5. The molecule has 2 aromatic rings. The number of carbonyl (C=O) groups is 2. The fraction of sp³-hybridized carbons (Fsp3) is 0.200. The second-order valence-corrected chi connectivity index (χ2v) is 6.08. The molecule has 2 atom stereocenters. The Morgan fingerprint density at radius 2 is 1.80 bits per heavy atom. The molecular weight excluding hydrogens is 316 g/mol. The number of rotatable bonds is 4. The van der Waals surface area contributed by atoms with Gasteiger partial charge in [-0.15, -0.1) is 0 Å². The van der Waals surface area contributed by atoms with Crippen molar-refractivity contribution >= 4 is 12.0 Å². The molecule has 2 N–H and O–H groups in total. The summed E-state index contributed by atoms with van der Waals surface area (Å²) in [6.07, 6.45) is 0. The maximum Gasteiger partial charge on any atom is 0.319 e. The zero-order chi connectivity index (χ0) is 17.8. The summed E-state index contributed by atoms with van der Waals surface area (Å²) in [5, 5.41) is 5.36. The number of esters is 1. The standard InChI is InChI=1S/C20H20N2O3/c1-13-8-10-15(11-9-13)12-25-19(23)17-14(2)21-20(24)22-18(17)16-6-4-3-5-7-16/h3-11,17-18H,2,12H2,1H3,(H2,21,22,24). The van der Waals surface area contributed by atoms with Crippen molar-refractivity contribution in [3.8, 4) is 0 Å². The van der Waals surface area contributed by atoms with Crippen molar-refractivity contribution in [2.45, 2.75) is 19.6 Å². The number of hydrogen-bond acceptors (Lipinski definition) is 3. The van der Waals surface area contributed by atoms with E-state index in [0.29, 0.717) is 5.70 Å². The summed E-state index contributed by atoms with van der Waals surface area (Å²) in [5.74, 6) is -1.11. The number of nitrogens with one attached hydrogen (secondary N) is 2. The van der Waals surface area contributed by atoms with Crippen LogP contribution in [0.2, 0.25) is 0 Å². The molecule has 1 aliphatic rings. The SMILES string of the molecule is C=C1NC(=O)NC(c2ccccc2)C1C(=O)OCc1ccc(C)cc1. The molecule has 0 aliphatic carbocycles. The molecule has 0 radical (unpaired) electrons. The quantitative estimate of drug-likeness (QED) is 0.843. The van der Waals surface area contributed by atoms with Gasteiger partial charge in [0.15, 0.2) is 0 Å². The van der Waals surface area contributed by atoms with E-state index in [4.69, 9.17) is 4.74 Å². The minimum absolute atomic E-state index is 0.179. The number of aryl methyl sites for hydroxylation is 1. The normalized spacial score (nSPS) is 19.7. The van der Waals surface area contributed by atoms with Gasteiger partial charge in [0.05, 0.1) is 6.04 Å². The molecule has 1 aliphatic heterocycles. The van der Waals surface area contributed by atoms with E-state index in [0.717, 1.165) is 16.7 Å². The fourth-order valence-electron chi connectivity index (χ4n) is 2.83. The summed E-state index contributed by atoms with van der Waals surface area (Å²) < 4.78 is 5.47. The van der Waals surface area contributed by atoms with Gasteiger partial charge in [-0.05, 0) is 18.1 Å². The van der Waals surface area contributed by atoms with Crippen LogP contribution in [0.4, 0.5) is 4.79 Å². The van der Waals surface area contributed by atoms with Gasteiger partial charge in [0.25, 0.3) is 0 Å². The van der Waals surface area contributed by atoms with Crippen LogP contribution < -0.4 is 10.6 Å². The fourth-order valence-corrected chi connectivity index (χ4v) is 2.83. The van der Waals surface area contributed by atoms with E-state index in [2.05, 4.69) is 17.2 Å². The van der Waals surface area contributed by atoms with Crippen molar-refractivity contribution in [1.29, 1.82) is 0 Å². The van der Waals surface area contributed by atoms with Gasteiger partial charge in [-0.3, -0.25) is 4.79 Å². The van der Waals surface area contributed by atoms with E-state index >= 15 is 0 Å². The third-order valence-electron chi connectivity index (χ3n) is 4.18. The molecule has 3 rings (SSSR count). The highest BCUT2D eigenvalue weighted by Crippen LogP contribution is 2.30. The predicted molar refractivity (Wildman–Crippen MR) is 94.5 cm³/mol. The van der Waals surface area contributed by atoms with Crippen LogP contribution in [-0.4, -0.2) is 12.0 Å². The molecule has 1 fully saturated rings. The molecule has 0 aromatic heterocycles. The first-order valence-electron chi connectivity index (χ1n) is 8.08. The predicted octanol–water partition coefficient (Wildman–Crippen LogP) is 3.22. The monoisotopic (exact) mass is 336 g/mol. The van der Waals surface area contributed by atoms with E-state index in [1.54, 1.807) is 0 Å². The molecule has 2 aromatic carbocycles. The van der Waals surface area contributed by atoms with Gasteiger partial charge < -0.3 is 15.4 Å². The molecule has 1 heterocycles. The van der Waals surface area contributed by atoms with Gasteiger partial charge in [-0.1, -0.05) is 66.7 Å². The van der Waals surface area contributed by atoms with Gasteiger partial charge in [-0.2, -0.15) is 0 Å². The molecule has 0 spiro atoms. The Morgan fingerprint density at radius 1 is 1.12 bits per heavy atom. The Hall–Kier alpha value is -3.08. The lowest BCUT2D eigenvalue weighted by molar-refractivity contribution is -0.149. The molecule has 1 saturated heterocycles. The van der Waals surface area contributed by atoms with E-state index in [1.807, 2.05) is 61.5 Å². The number of urea groups is 1. The van der Waals surface area contributed by atoms with Gasteiger partial charge in [-0.25, -0.2) is 4.79 Å². The topological polar surface area (TPSA) is 67.4 Å². The zero-order valence-corrected chi connectivity index (χ0v) is 14.0. The first-order chi connectivity index (χ1) is 12.0. The highest BCUT2D eigenvalue weighted by Gasteiger charge is 2.38. The summed E-state index contributed by atoms with van der Waals surface area (Å²) in [4.78, 5) is 24.5. The van der Waals surface area contributed by atoms with Crippen LogP contribution in [0.1, 0.15) is 22.7 Å². The van der Waals surface area contributed by atoms with Crippen LogP contribution in [0.15, 0.2) is 66.9 Å². The lowest BCUT2D eigenvalue weighted by Gasteiger charge is -2.33. The van der Waals surface area contributed by atoms with E-state index < -0.39 is 17.9 Å². The molecule has 5 nitrogen and oxygen atoms in total. The first-order valence-corrected chi connectivity index (χ1v) is 8.08. The zero-order valence-electron chi connectivity index (χ0n) is 14.0. The van der Waals surface area contributed by atoms with E-state index in [-0.39, 0.29) is 12.6 Å². The largest absolute Gasteiger partial charge is 0.460 e. The summed E-state index contributed by atoms with van der Waals surface area (Å²) >= 11 is 0. The minimum atomic E-state index is -0.689. The number of hydrogen-bond donors (Lipinski definition) is 2. The van der Waals surface area contributed by atoms with Crippen LogP contribution in [0.3, 0.4) is 0 Å². The second kappa shape index (κ2) is 7.21. The minimum Gasteiger partial charge on any atom is -0.460 e. The molecule has 2 unspecified atom stereocenters. The third kappa shape index (κ3) is 3.88. The van der Waals surface area contributed by atoms with Crippen molar-refractivity contribution in [2.24, 2.45) is 5.92 Å². The lowest BCUT2D eigenvalue weighted by atomic mass is 9.89. The first kappa shape index (κ1) is 16.8. The second-order valence-electron chi connectivity index (χ2n) is 6.08. The number of carbonyl (C=O) groups excluding carboxylic acids is 2. The van der Waals surface area contributed by atoms with Crippen LogP contribution in [0, 0.1) is 12.8 Å². The van der Waals surface area contributed by atoms with Crippen LogP contribution in [0.25, 0.3) is 0 Å². The van der Waals surface area contributed by atoms with Crippen molar-refractivity contribution in [2.75, 3.05) is 0 Å². The van der Waals surface area contributed by atoms with E-state index in [9.17, 15) is 9.59 Å². The van der Waals surface area contributed by atoms with Gasteiger partial charge in [0.2, 0.25) is 0 Å². The maximum absolute atomic E-state index is 12.7. The van der Waals surface area contributed by atoms with Crippen molar-refractivity contribution < 1.29 is 14.3 Å². The maximum atomic E-state index is 12.7. The van der Waals surface area contributed by atoms with Gasteiger partial charge >= 0.3 is 12.0 Å². The molecule has 0 bridgehead atoms. The molecule has 25 heavy (non-hydrogen) atoms. The van der Waals surface area contributed by atoms with Crippen LogP contribution in [0.5, 0.6) is 0 Å². The van der Waals surface area contributed by atoms with Crippen molar-refractivity contribution in [1.82, 2.24) is 10.6 Å². The summed E-state index contributed by atoms with van der Waals surface area (Å²) in [6.45, 7) is 6.02. The number of benzene rings is 2. The van der Waals surface area contributed by atoms with Crippen LogP contribution >= 0.6 is 0 Å². The summed E-state index contributed by atoms with van der Waals surface area (Å²) in [5.41, 5.74) is 3.22. The Labute approximate surface area is 146 Å². The third-order valence-corrected chi connectivity index (χ3v) is 4.18. The van der Waals surface area contributed by atoms with Crippen molar-refractivity contribution in [3.05, 3.63) is 83.6 Å². The average molecular weight is 336 g/mol. The Morgan fingerprint density at radius 3 is 2.48 bits per heavy atom. The van der Waals surface area contributed by atoms with Gasteiger partial charge in [0.1, 0.15) is 12.5 Å². The highest BCUT2D eigenvalue weighted by molar-refractivity contribution is 5.85. The average Bonchev–Trinajstić information content (AvgIpc) is 2.61. The molecule has 5 heteroatoms. The van der Waals surface area contributed by atoms with Crippen LogP contribution in [-0.2, 0) is 16.1 Å². The van der Waals surface area contributed by atoms with E-state index in [1.165, 1.54) is 0 Å². The Balaban J connectivity index is 1.76. The molecule has 2 amide bonds. The smallest absolute Gasteiger partial charge is 0.319 e. The van der Waals surface area contributed by atoms with Gasteiger partial charge in [0, 0.05) is 5.70 Å². The summed E-state index contributed by atoms with van der Waals surface area (Å²) in [6, 6.07) is 16.2. The molecular formula is C20H20N2O3. The Kier molecular flexibility index (Phi) is 4.84. The molecule has 128 valence electrons. The Bertz CT molecular complexity index is 784.